The zero-order valence-corrected chi connectivity index (χ0v) is 16.5. The molecular formula is C24H24N4O. The summed E-state index contributed by atoms with van der Waals surface area (Å²) in [6.45, 7) is 1.99. The molecule has 2 aromatic heterocycles. The van der Waals surface area contributed by atoms with Crippen LogP contribution in [-0.4, -0.2) is 33.7 Å². The maximum atomic E-state index is 5.41. The second-order valence-corrected chi connectivity index (χ2v) is 7.55. The number of para-hydroxylation sites is 1. The number of aromatic nitrogens is 3. The van der Waals surface area contributed by atoms with Crippen molar-refractivity contribution in [2.75, 3.05) is 13.7 Å². The minimum Gasteiger partial charge on any atom is -0.497 e. The summed E-state index contributed by atoms with van der Waals surface area (Å²) in [5, 5.41) is 8.91. The molecule has 1 aliphatic rings. The van der Waals surface area contributed by atoms with Gasteiger partial charge in [-0.25, -0.2) is 0 Å². The van der Waals surface area contributed by atoms with E-state index in [9.17, 15) is 0 Å². The summed E-state index contributed by atoms with van der Waals surface area (Å²) in [6, 6.07) is 19.0. The predicted molar refractivity (Wildman–Crippen MR) is 115 cm³/mol. The van der Waals surface area contributed by atoms with Gasteiger partial charge in [-0.3, -0.25) is 15.0 Å². The zero-order valence-electron chi connectivity index (χ0n) is 16.5. The van der Waals surface area contributed by atoms with Crippen molar-refractivity contribution in [2.45, 2.75) is 25.4 Å². The van der Waals surface area contributed by atoms with Gasteiger partial charge in [0.2, 0.25) is 0 Å². The van der Waals surface area contributed by atoms with Crippen LogP contribution in [0.5, 0.6) is 5.75 Å². The lowest BCUT2D eigenvalue weighted by Crippen LogP contribution is -2.23. The van der Waals surface area contributed by atoms with E-state index in [1.165, 1.54) is 23.1 Å². The topological polar surface area (TPSA) is 54.0 Å². The molecule has 1 aliphatic heterocycles. The maximum absolute atomic E-state index is 5.41. The van der Waals surface area contributed by atoms with E-state index in [-0.39, 0.29) is 0 Å². The highest BCUT2D eigenvalue weighted by molar-refractivity contribution is 5.81. The first-order valence-corrected chi connectivity index (χ1v) is 10.1. The number of fused-ring (bicyclic) bond motifs is 1. The molecule has 0 spiro atoms. The van der Waals surface area contributed by atoms with Crippen molar-refractivity contribution in [3.8, 4) is 16.9 Å². The average Bonchev–Trinajstić information content (AvgIpc) is 3.43. The summed E-state index contributed by atoms with van der Waals surface area (Å²) in [4.78, 5) is 7.06. The van der Waals surface area contributed by atoms with E-state index in [1.54, 1.807) is 7.11 Å². The van der Waals surface area contributed by atoms with Crippen LogP contribution in [0.4, 0.5) is 0 Å². The Morgan fingerprint density at radius 3 is 3.00 bits per heavy atom. The van der Waals surface area contributed by atoms with Crippen LogP contribution in [0.3, 0.4) is 0 Å². The van der Waals surface area contributed by atoms with Crippen LogP contribution in [0.2, 0.25) is 0 Å². The van der Waals surface area contributed by atoms with Gasteiger partial charge in [0.25, 0.3) is 0 Å². The molecule has 4 aromatic rings. The number of aromatic amines is 1. The summed E-state index contributed by atoms with van der Waals surface area (Å²) >= 11 is 0. The van der Waals surface area contributed by atoms with Gasteiger partial charge in [0.1, 0.15) is 5.75 Å². The number of nitrogens with one attached hydrogen (secondary N) is 1. The summed E-state index contributed by atoms with van der Waals surface area (Å²) in [7, 11) is 1.70. The summed E-state index contributed by atoms with van der Waals surface area (Å²) in [5.74, 6) is 0.862. The zero-order chi connectivity index (χ0) is 19.6. The molecule has 29 heavy (non-hydrogen) atoms. The highest BCUT2D eigenvalue weighted by atomic mass is 16.5. The van der Waals surface area contributed by atoms with E-state index in [1.807, 2.05) is 30.6 Å². The normalized spacial score (nSPS) is 17.1. The Morgan fingerprint density at radius 2 is 2.07 bits per heavy atom. The number of ether oxygens (including phenoxy) is 1. The van der Waals surface area contributed by atoms with Crippen LogP contribution in [0, 0.1) is 0 Å². The van der Waals surface area contributed by atoms with E-state index in [0.717, 1.165) is 41.9 Å². The van der Waals surface area contributed by atoms with Crippen molar-refractivity contribution in [1.82, 2.24) is 20.1 Å². The maximum Gasteiger partial charge on any atom is 0.119 e. The number of pyridine rings is 1. The van der Waals surface area contributed by atoms with Gasteiger partial charge in [0.05, 0.1) is 30.6 Å². The first-order chi connectivity index (χ1) is 14.3. The van der Waals surface area contributed by atoms with E-state index in [4.69, 9.17) is 4.74 Å². The second kappa shape index (κ2) is 7.68. The Morgan fingerprint density at radius 1 is 1.14 bits per heavy atom. The highest BCUT2D eigenvalue weighted by Crippen LogP contribution is 2.38. The second-order valence-electron chi connectivity index (χ2n) is 7.55. The van der Waals surface area contributed by atoms with Crippen molar-refractivity contribution < 1.29 is 4.74 Å². The fraction of sp³-hybridized carbons (Fsp3) is 0.250. The van der Waals surface area contributed by atoms with Crippen molar-refractivity contribution >= 4 is 10.9 Å². The molecule has 1 unspecified atom stereocenters. The average molecular weight is 384 g/mol. The van der Waals surface area contributed by atoms with Crippen molar-refractivity contribution in [1.29, 1.82) is 0 Å². The number of hydrogen-bond donors (Lipinski definition) is 1. The third-order valence-corrected chi connectivity index (χ3v) is 5.86. The fourth-order valence-corrected chi connectivity index (χ4v) is 4.42. The van der Waals surface area contributed by atoms with Crippen LogP contribution in [0.1, 0.15) is 30.1 Å². The van der Waals surface area contributed by atoms with Crippen LogP contribution < -0.4 is 4.74 Å². The van der Waals surface area contributed by atoms with Crippen LogP contribution in [-0.2, 0) is 6.54 Å². The van der Waals surface area contributed by atoms with Gasteiger partial charge in [-0.2, -0.15) is 5.10 Å². The molecule has 5 nitrogen and oxygen atoms in total. The lowest BCUT2D eigenvalue weighted by atomic mass is 10.00. The van der Waals surface area contributed by atoms with E-state index < -0.39 is 0 Å². The molecule has 1 atom stereocenters. The third kappa shape index (κ3) is 3.38. The van der Waals surface area contributed by atoms with Crippen molar-refractivity contribution in [2.24, 2.45) is 0 Å². The molecule has 2 aromatic carbocycles. The number of benzene rings is 2. The largest absolute Gasteiger partial charge is 0.497 e. The highest BCUT2D eigenvalue weighted by Gasteiger charge is 2.30. The summed E-state index contributed by atoms with van der Waals surface area (Å²) in [5.41, 5.74) is 5.85. The smallest absolute Gasteiger partial charge is 0.119 e. The molecule has 0 amide bonds. The Kier molecular flexibility index (Phi) is 4.74. The van der Waals surface area contributed by atoms with Crippen LogP contribution >= 0.6 is 0 Å². The summed E-state index contributed by atoms with van der Waals surface area (Å²) in [6.07, 6.45) is 6.16. The number of likely N-dealkylation sites (tertiary alicyclic amines) is 1. The molecule has 0 radical (unpaired) electrons. The minimum absolute atomic E-state index is 0.325. The molecule has 1 saturated heterocycles. The monoisotopic (exact) mass is 384 g/mol. The molecule has 0 bridgehead atoms. The number of hydrogen-bond acceptors (Lipinski definition) is 4. The van der Waals surface area contributed by atoms with Gasteiger partial charge < -0.3 is 4.74 Å². The van der Waals surface area contributed by atoms with E-state index >= 15 is 0 Å². The number of nitrogens with zero attached hydrogens (tertiary/aromatic N) is 3. The molecule has 5 heteroatoms. The standard InChI is InChI=1S/C24H24N4O/c1-29-19-7-4-6-17(14-19)21-15-26-27-24(21)23-10-5-13-28(23)16-18-11-12-25-22-9-3-2-8-20(18)22/h2-4,6-9,11-12,14-15,23H,5,10,13,16H2,1H3,(H,26,27). The Bertz CT molecular complexity index is 1130. The molecule has 1 N–H and O–H groups in total. The predicted octanol–water partition coefficient (Wildman–Crippen LogP) is 4.97. The molecule has 0 saturated carbocycles. The molecule has 3 heterocycles. The number of rotatable bonds is 5. The van der Waals surface area contributed by atoms with Gasteiger partial charge in [0.15, 0.2) is 0 Å². The fourth-order valence-electron chi connectivity index (χ4n) is 4.42. The van der Waals surface area contributed by atoms with Gasteiger partial charge in [0, 0.05) is 23.7 Å². The quantitative estimate of drug-likeness (QED) is 0.528. The van der Waals surface area contributed by atoms with Crippen molar-refractivity contribution in [3.05, 3.63) is 78.2 Å². The Labute approximate surface area is 170 Å². The summed E-state index contributed by atoms with van der Waals surface area (Å²) < 4.78 is 5.41. The van der Waals surface area contributed by atoms with E-state index in [2.05, 4.69) is 56.5 Å². The molecular weight excluding hydrogens is 360 g/mol. The third-order valence-electron chi connectivity index (χ3n) is 5.86. The SMILES string of the molecule is COc1cccc(-c2cn[nH]c2C2CCCN2Cc2ccnc3ccccc23)c1. The molecule has 1 fully saturated rings. The molecule has 5 rings (SSSR count). The first-order valence-electron chi connectivity index (χ1n) is 10.1. The van der Waals surface area contributed by atoms with Crippen LogP contribution in [0.25, 0.3) is 22.0 Å². The minimum atomic E-state index is 0.325. The van der Waals surface area contributed by atoms with Gasteiger partial charge >= 0.3 is 0 Å². The molecule has 0 aliphatic carbocycles. The lowest BCUT2D eigenvalue weighted by molar-refractivity contribution is 0.245. The van der Waals surface area contributed by atoms with E-state index in [0.29, 0.717) is 6.04 Å². The molecule has 146 valence electrons. The Hall–Kier alpha value is -3.18. The van der Waals surface area contributed by atoms with Crippen LogP contribution in [0.15, 0.2) is 67.0 Å². The van der Waals surface area contributed by atoms with Crippen molar-refractivity contribution in [3.63, 3.8) is 0 Å². The number of H-pyrrole nitrogens is 1. The first kappa shape index (κ1) is 17.9. The van der Waals surface area contributed by atoms with Gasteiger partial charge in [-0.05, 0) is 54.8 Å². The van der Waals surface area contributed by atoms with Gasteiger partial charge in [-0.1, -0.05) is 30.3 Å². The number of methoxy groups -OCH3 is 1. The lowest BCUT2D eigenvalue weighted by Gasteiger charge is -2.25. The van der Waals surface area contributed by atoms with Gasteiger partial charge in [-0.15, -0.1) is 0 Å². The Balaban J connectivity index is 1.47.